The molecule has 1 aromatic rings. The van der Waals surface area contributed by atoms with Crippen LogP contribution in [0.25, 0.3) is 0 Å². The molecule has 0 saturated carbocycles. The van der Waals surface area contributed by atoms with E-state index < -0.39 is 0 Å². The maximum Gasteiger partial charge on any atom is 0.103 e. The molecule has 0 fully saturated rings. The topological polar surface area (TPSA) is 45.4 Å². The van der Waals surface area contributed by atoms with Crippen molar-refractivity contribution >= 4 is 0 Å². The zero-order valence-corrected chi connectivity index (χ0v) is 9.57. The molecular formula is C12H21NO2. The van der Waals surface area contributed by atoms with E-state index in [4.69, 9.17) is 9.52 Å². The molecule has 0 saturated heterocycles. The van der Waals surface area contributed by atoms with E-state index in [9.17, 15) is 0 Å². The van der Waals surface area contributed by atoms with Gasteiger partial charge in [0.15, 0.2) is 0 Å². The molecule has 0 aliphatic carbocycles. The van der Waals surface area contributed by atoms with Gasteiger partial charge in [0.05, 0.1) is 12.9 Å². The third-order valence-corrected chi connectivity index (χ3v) is 2.64. The van der Waals surface area contributed by atoms with Gasteiger partial charge in [-0.1, -0.05) is 6.92 Å². The number of aryl methyl sites for hydroxylation is 1. The Morgan fingerprint density at radius 2 is 2.33 bits per heavy atom. The van der Waals surface area contributed by atoms with Crippen molar-refractivity contribution in [2.45, 2.75) is 45.2 Å². The van der Waals surface area contributed by atoms with Crippen molar-refractivity contribution in [3.8, 4) is 0 Å². The van der Waals surface area contributed by atoms with Gasteiger partial charge >= 0.3 is 0 Å². The van der Waals surface area contributed by atoms with Crippen LogP contribution in [0.5, 0.6) is 0 Å². The van der Waals surface area contributed by atoms with Gasteiger partial charge in [0, 0.05) is 18.5 Å². The first-order valence-corrected chi connectivity index (χ1v) is 5.65. The largest absolute Gasteiger partial charge is 0.469 e. The monoisotopic (exact) mass is 211 g/mol. The van der Waals surface area contributed by atoms with Gasteiger partial charge in [-0.2, -0.15) is 0 Å². The van der Waals surface area contributed by atoms with E-state index >= 15 is 0 Å². The summed E-state index contributed by atoms with van der Waals surface area (Å²) in [6, 6.07) is 4.54. The van der Waals surface area contributed by atoms with Gasteiger partial charge in [-0.3, -0.25) is 0 Å². The Hall–Kier alpha value is -0.800. The van der Waals surface area contributed by atoms with Crippen molar-refractivity contribution in [2.24, 2.45) is 0 Å². The zero-order valence-electron chi connectivity index (χ0n) is 9.57. The van der Waals surface area contributed by atoms with Crippen LogP contribution in [0.3, 0.4) is 0 Å². The van der Waals surface area contributed by atoms with Crippen molar-refractivity contribution in [1.29, 1.82) is 0 Å². The molecule has 86 valence electrons. The number of aliphatic hydroxyl groups is 1. The Morgan fingerprint density at radius 1 is 1.53 bits per heavy atom. The predicted molar refractivity (Wildman–Crippen MR) is 60.8 cm³/mol. The number of hydrogen-bond donors (Lipinski definition) is 2. The maximum absolute atomic E-state index is 9.05. The van der Waals surface area contributed by atoms with Gasteiger partial charge in [0.1, 0.15) is 5.76 Å². The summed E-state index contributed by atoms with van der Waals surface area (Å²) in [6.45, 7) is 4.43. The summed E-state index contributed by atoms with van der Waals surface area (Å²) in [5.74, 6) is 1.03. The second-order valence-electron chi connectivity index (χ2n) is 3.97. The highest BCUT2D eigenvalue weighted by Gasteiger charge is 2.09. The first-order chi connectivity index (χ1) is 7.26. The minimum atomic E-state index is 0.210. The molecule has 0 bridgehead atoms. The summed E-state index contributed by atoms with van der Waals surface area (Å²) >= 11 is 0. The number of hydrogen-bond acceptors (Lipinski definition) is 3. The fourth-order valence-corrected chi connectivity index (χ4v) is 1.60. The Bertz CT molecular complexity index is 242. The second-order valence-corrected chi connectivity index (χ2v) is 3.97. The van der Waals surface area contributed by atoms with Crippen LogP contribution in [0, 0.1) is 0 Å². The van der Waals surface area contributed by atoms with Crippen LogP contribution in [0.1, 0.15) is 32.4 Å². The molecule has 0 spiro atoms. The maximum atomic E-state index is 9.05. The van der Waals surface area contributed by atoms with E-state index in [-0.39, 0.29) is 12.6 Å². The van der Waals surface area contributed by atoms with Crippen LogP contribution >= 0.6 is 0 Å². The van der Waals surface area contributed by atoms with Crippen molar-refractivity contribution < 1.29 is 9.52 Å². The molecular weight excluding hydrogens is 190 g/mol. The smallest absolute Gasteiger partial charge is 0.103 e. The minimum absolute atomic E-state index is 0.210. The fraction of sp³-hybridized carbons (Fsp3) is 0.667. The highest BCUT2D eigenvalue weighted by Crippen LogP contribution is 2.06. The van der Waals surface area contributed by atoms with Gasteiger partial charge in [0.25, 0.3) is 0 Å². The molecule has 0 amide bonds. The van der Waals surface area contributed by atoms with Crippen LogP contribution in [0.15, 0.2) is 22.8 Å². The Labute approximate surface area is 91.5 Å². The van der Waals surface area contributed by atoms with E-state index in [1.54, 1.807) is 6.26 Å². The molecule has 2 N–H and O–H groups in total. The van der Waals surface area contributed by atoms with Crippen LogP contribution < -0.4 is 5.32 Å². The fourth-order valence-electron chi connectivity index (χ4n) is 1.60. The van der Waals surface area contributed by atoms with Gasteiger partial charge < -0.3 is 14.8 Å². The molecule has 0 aromatic carbocycles. The molecule has 0 aliphatic heterocycles. The van der Waals surface area contributed by atoms with Crippen LogP contribution in [-0.2, 0) is 6.42 Å². The van der Waals surface area contributed by atoms with Gasteiger partial charge in [-0.25, -0.2) is 0 Å². The van der Waals surface area contributed by atoms with E-state index in [0.29, 0.717) is 6.04 Å². The number of rotatable bonds is 7. The van der Waals surface area contributed by atoms with Crippen molar-refractivity contribution in [2.75, 3.05) is 6.61 Å². The van der Waals surface area contributed by atoms with Crippen LogP contribution in [-0.4, -0.2) is 23.8 Å². The summed E-state index contributed by atoms with van der Waals surface area (Å²) in [7, 11) is 0. The summed E-state index contributed by atoms with van der Waals surface area (Å²) in [5.41, 5.74) is 0. The van der Waals surface area contributed by atoms with Gasteiger partial charge in [-0.05, 0) is 31.9 Å². The van der Waals surface area contributed by atoms with E-state index in [0.717, 1.165) is 25.0 Å². The first-order valence-electron chi connectivity index (χ1n) is 5.65. The third-order valence-electron chi connectivity index (χ3n) is 2.64. The summed E-state index contributed by atoms with van der Waals surface area (Å²) in [4.78, 5) is 0. The molecule has 1 heterocycles. The Balaban J connectivity index is 2.21. The lowest BCUT2D eigenvalue weighted by molar-refractivity contribution is 0.227. The molecule has 1 aromatic heterocycles. The Kier molecular flexibility index (Phi) is 5.43. The van der Waals surface area contributed by atoms with E-state index in [1.807, 2.05) is 12.1 Å². The third kappa shape index (κ3) is 4.49. The quantitative estimate of drug-likeness (QED) is 0.724. The standard InChI is InChI=1S/C12H21NO2/c1-3-11(9-14)13-10(2)6-7-12-5-4-8-15-12/h4-5,8,10-11,13-14H,3,6-7,9H2,1-2H3/t10?,11-/m0/s1. The molecule has 0 radical (unpaired) electrons. The average molecular weight is 211 g/mol. The minimum Gasteiger partial charge on any atom is -0.469 e. The second kappa shape index (κ2) is 6.64. The van der Waals surface area contributed by atoms with E-state index in [2.05, 4.69) is 19.2 Å². The zero-order chi connectivity index (χ0) is 11.1. The summed E-state index contributed by atoms with van der Waals surface area (Å²) in [6.07, 6.45) is 4.64. The summed E-state index contributed by atoms with van der Waals surface area (Å²) in [5, 5.41) is 12.4. The lowest BCUT2D eigenvalue weighted by Gasteiger charge is -2.19. The van der Waals surface area contributed by atoms with Crippen molar-refractivity contribution in [3.05, 3.63) is 24.2 Å². The molecule has 1 rings (SSSR count). The van der Waals surface area contributed by atoms with Crippen molar-refractivity contribution in [3.63, 3.8) is 0 Å². The predicted octanol–water partition coefficient (Wildman–Crippen LogP) is 1.96. The van der Waals surface area contributed by atoms with Gasteiger partial charge in [-0.15, -0.1) is 0 Å². The van der Waals surface area contributed by atoms with Crippen molar-refractivity contribution in [1.82, 2.24) is 5.32 Å². The van der Waals surface area contributed by atoms with Crippen LogP contribution in [0.4, 0.5) is 0 Å². The molecule has 1 unspecified atom stereocenters. The highest BCUT2D eigenvalue weighted by molar-refractivity contribution is 4.98. The molecule has 0 aliphatic rings. The lowest BCUT2D eigenvalue weighted by atomic mass is 10.1. The lowest BCUT2D eigenvalue weighted by Crippen LogP contribution is -2.38. The molecule has 3 nitrogen and oxygen atoms in total. The highest BCUT2D eigenvalue weighted by atomic mass is 16.3. The number of furan rings is 1. The normalized spacial score (nSPS) is 15.1. The summed E-state index contributed by atoms with van der Waals surface area (Å²) < 4.78 is 5.26. The molecule has 2 atom stereocenters. The first kappa shape index (κ1) is 12.3. The average Bonchev–Trinajstić information content (AvgIpc) is 2.75. The van der Waals surface area contributed by atoms with Gasteiger partial charge in [0.2, 0.25) is 0 Å². The van der Waals surface area contributed by atoms with Crippen LogP contribution in [0.2, 0.25) is 0 Å². The molecule has 15 heavy (non-hydrogen) atoms. The SMILES string of the molecule is CC[C@@H](CO)NC(C)CCc1ccco1. The number of nitrogens with one attached hydrogen (secondary N) is 1. The Morgan fingerprint density at radius 3 is 2.87 bits per heavy atom. The molecule has 3 heteroatoms. The number of aliphatic hydroxyl groups excluding tert-OH is 1. The van der Waals surface area contributed by atoms with E-state index in [1.165, 1.54) is 0 Å².